The van der Waals surface area contributed by atoms with Gasteiger partial charge in [0.15, 0.2) is 11.4 Å². The van der Waals surface area contributed by atoms with Crippen LogP contribution in [0.15, 0.2) is 29.9 Å². The number of rotatable bonds is 6. The Kier molecular flexibility index (Phi) is 7.98. The second-order valence-electron chi connectivity index (χ2n) is 10.3. The number of allylic oxidation sites excluding steroid dienone is 3. The molecule has 0 aliphatic carbocycles. The van der Waals surface area contributed by atoms with Crippen LogP contribution in [0.3, 0.4) is 0 Å². The Morgan fingerprint density at radius 3 is 1.73 bits per heavy atom. The molecule has 0 fully saturated rings. The summed E-state index contributed by atoms with van der Waals surface area (Å²) in [5.41, 5.74) is 2.21. The van der Waals surface area contributed by atoms with Crippen LogP contribution < -0.4 is 0 Å². The van der Waals surface area contributed by atoms with Crippen molar-refractivity contribution < 1.29 is 23.9 Å². The van der Waals surface area contributed by atoms with Crippen molar-refractivity contribution in [2.45, 2.75) is 85.7 Å². The molecule has 0 aromatic heterocycles. The van der Waals surface area contributed by atoms with Crippen molar-refractivity contribution in [2.75, 3.05) is 0 Å². The van der Waals surface area contributed by atoms with E-state index >= 15 is 0 Å². The van der Waals surface area contributed by atoms with Crippen molar-refractivity contribution in [3.05, 3.63) is 46.5 Å². The summed E-state index contributed by atoms with van der Waals surface area (Å²) in [5.74, 6) is -0.0362. The van der Waals surface area contributed by atoms with Crippen LogP contribution in [0.4, 0.5) is 0 Å². The lowest BCUT2D eigenvalue weighted by atomic mass is 9.78. The fourth-order valence-corrected chi connectivity index (χ4v) is 3.61. The lowest BCUT2D eigenvalue weighted by Crippen LogP contribution is -2.33. The fraction of sp³-hybridized carbons (Fsp3) is 0.542. The van der Waals surface area contributed by atoms with Crippen molar-refractivity contribution >= 4 is 19.6 Å². The largest absolute Gasteiger partial charge is 0.695 e. The Morgan fingerprint density at radius 2 is 1.37 bits per heavy atom. The van der Waals surface area contributed by atoms with Crippen LogP contribution in [0.5, 0.6) is 5.75 Å². The van der Waals surface area contributed by atoms with Gasteiger partial charge < -0.3 is 5.11 Å². The zero-order chi connectivity index (χ0) is 23.7. The smallest absolute Gasteiger partial charge is 0.507 e. The minimum absolute atomic E-state index is 0.232. The first-order chi connectivity index (χ1) is 13.4. The van der Waals surface area contributed by atoms with Crippen LogP contribution in [-0.4, -0.2) is 21.4 Å². The van der Waals surface area contributed by atoms with Crippen LogP contribution in [0.2, 0.25) is 0 Å². The molecule has 0 saturated heterocycles. The van der Waals surface area contributed by atoms with Crippen LogP contribution in [0, 0.1) is 0 Å². The highest BCUT2D eigenvalue weighted by Gasteiger charge is 2.38. The van der Waals surface area contributed by atoms with E-state index in [4.69, 9.17) is 9.42 Å². The van der Waals surface area contributed by atoms with Crippen LogP contribution in [0.25, 0.3) is 5.57 Å². The van der Waals surface area contributed by atoms with Crippen LogP contribution >= 0.6 is 8.25 Å². The molecule has 0 saturated carbocycles. The first-order valence-corrected chi connectivity index (χ1v) is 11.1. The predicted molar refractivity (Wildman–Crippen MR) is 123 cm³/mol. The molecule has 0 amide bonds. The molecular weight excluding hydrogens is 399 g/mol. The van der Waals surface area contributed by atoms with E-state index in [0.717, 1.165) is 22.3 Å². The van der Waals surface area contributed by atoms with Gasteiger partial charge in [-0.2, -0.15) is 0 Å². The quantitative estimate of drug-likeness (QED) is 0.309. The third-order valence-corrected chi connectivity index (χ3v) is 5.59. The highest BCUT2D eigenvalue weighted by atomic mass is 31.1. The molecule has 0 heterocycles. The van der Waals surface area contributed by atoms with Gasteiger partial charge in [0.2, 0.25) is 0 Å². The first-order valence-electron chi connectivity index (χ1n) is 10.0. The number of aromatic hydroxyl groups is 1. The van der Waals surface area contributed by atoms with Gasteiger partial charge in [-0.3, -0.25) is 4.79 Å². The summed E-state index contributed by atoms with van der Waals surface area (Å²) in [4.78, 5) is 21.5. The molecule has 0 radical (unpaired) electrons. The van der Waals surface area contributed by atoms with E-state index in [9.17, 15) is 14.5 Å². The van der Waals surface area contributed by atoms with E-state index < -0.39 is 13.9 Å². The van der Waals surface area contributed by atoms with Gasteiger partial charge in [-0.25, -0.2) is 0 Å². The summed E-state index contributed by atoms with van der Waals surface area (Å²) >= 11 is 0. The van der Waals surface area contributed by atoms with Crippen molar-refractivity contribution in [3.63, 3.8) is 0 Å². The summed E-state index contributed by atoms with van der Waals surface area (Å²) in [6.07, 6.45) is 3.53. The first kappa shape index (κ1) is 26.2. The molecule has 1 aromatic carbocycles. The van der Waals surface area contributed by atoms with E-state index in [1.54, 1.807) is 13.0 Å². The van der Waals surface area contributed by atoms with Crippen molar-refractivity contribution in [1.29, 1.82) is 0 Å². The third kappa shape index (κ3) is 6.60. The zero-order valence-electron chi connectivity index (χ0n) is 19.9. The van der Waals surface area contributed by atoms with Crippen LogP contribution in [-0.2, 0) is 24.7 Å². The number of phenolic OH excluding ortho intramolecular Hbond substituents is 1. The van der Waals surface area contributed by atoms with E-state index in [0.29, 0.717) is 11.3 Å². The number of hydrogen-bond acceptors (Lipinski definition) is 4. The molecular formula is C24H36O5P+. The Balaban J connectivity index is 3.44. The topological polar surface area (TPSA) is 83.8 Å². The Hall–Kier alpha value is -1.81. The second kappa shape index (κ2) is 9.13. The number of phenols is 1. The van der Waals surface area contributed by atoms with Gasteiger partial charge in [0.25, 0.3) is 0 Å². The van der Waals surface area contributed by atoms with E-state index in [1.807, 2.05) is 25.1 Å². The molecule has 5 nitrogen and oxygen atoms in total. The van der Waals surface area contributed by atoms with Crippen LogP contribution in [0.1, 0.15) is 85.9 Å². The average molecular weight is 436 g/mol. The Bertz CT molecular complexity index is 858. The second-order valence-corrected chi connectivity index (χ2v) is 10.9. The normalized spacial score (nSPS) is 14.7. The summed E-state index contributed by atoms with van der Waals surface area (Å²) in [6, 6.07) is 3.98. The summed E-state index contributed by atoms with van der Waals surface area (Å²) in [7, 11) is -2.87. The molecule has 0 aliphatic heterocycles. The summed E-state index contributed by atoms with van der Waals surface area (Å²) in [5, 5.41) is 10.9. The lowest BCUT2D eigenvalue weighted by Gasteiger charge is -2.28. The van der Waals surface area contributed by atoms with Gasteiger partial charge in [-0.15, -0.1) is 9.42 Å². The molecule has 0 spiro atoms. The number of carbonyl (C=O) groups is 1. The highest BCUT2D eigenvalue weighted by molar-refractivity contribution is 7.32. The predicted octanol–water partition coefficient (Wildman–Crippen LogP) is 6.35. The van der Waals surface area contributed by atoms with Crippen molar-refractivity contribution in [1.82, 2.24) is 0 Å². The molecule has 1 unspecified atom stereocenters. The minimum Gasteiger partial charge on any atom is -0.507 e. The van der Waals surface area contributed by atoms with Crippen molar-refractivity contribution in [2.24, 2.45) is 0 Å². The molecule has 6 heteroatoms. The SMILES string of the molecule is CC(=CC=C(C)c1cc(C(C)(C)C)c(O)c(C(C)(C)C)c1)C(=O)C(C)(C)O[P+](=O)O. The van der Waals surface area contributed by atoms with Gasteiger partial charge in [0.05, 0.1) is 0 Å². The molecule has 0 aliphatic rings. The standard InChI is InChI=1S/C24H35O5P/c1-15(11-12-16(2)21(26)24(9,10)29-30(27)28)17-13-18(22(3,4)5)20(25)19(14-17)23(6,7)8/h11-14H,1-10H3,(H-,25,26,27,28)/p+1. The average Bonchev–Trinajstić information content (AvgIpc) is 2.55. The van der Waals surface area contributed by atoms with Gasteiger partial charge in [0, 0.05) is 15.7 Å². The molecule has 0 bridgehead atoms. The van der Waals surface area contributed by atoms with E-state index in [1.165, 1.54) is 13.8 Å². The molecule has 2 N–H and O–H groups in total. The maximum atomic E-state index is 12.6. The molecule has 30 heavy (non-hydrogen) atoms. The highest BCUT2D eigenvalue weighted by Crippen LogP contribution is 2.41. The Labute approximate surface area is 181 Å². The number of hydrogen-bond donors (Lipinski definition) is 2. The Morgan fingerprint density at radius 1 is 0.933 bits per heavy atom. The number of benzene rings is 1. The number of Topliss-reactive ketones (excluding diaryl/α,β-unsaturated/α-hetero) is 1. The summed E-state index contributed by atoms with van der Waals surface area (Å²) in [6.45, 7) is 18.9. The fourth-order valence-electron chi connectivity index (χ4n) is 3.14. The van der Waals surface area contributed by atoms with Gasteiger partial charge >= 0.3 is 8.25 Å². The zero-order valence-corrected chi connectivity index (χ0v) is 20.8. The summed E-state index contributed by atoms with van der Waals surface area (Å²) < 4.78 is 15.8. The number of ketones is 1. The van der Waals surface area contributed by atoms with E-state index in [2.05, 4.69) is 41.5 Å². The molecule has 1 atom stereocenters. The molecule has 166 valence electrons. The number of carbonyl (C=O) groups excluding carboxylic acids is 1. The molecule has 1 rings (SSSR count). The monoisotopic (exact) mass is 435 g/mol. The van der Waals surface area contributed by atoms with Gasteiger partial charge in [-0.05, 0) is 67.4 Å². The maximum Gasteiger partial charge on any atom is 0.695 e. The van der Waals surface area contributed by atoms with Crippen molar-refractivity contribution in [3.8, 4) is 5.75 Å². The lowest BCUT2D eigenvalue weighted by molar-refractivity contribution is -0.127. The molecule has 1 aromatic rings. The maximum absolute atomic E-state index is 12.6. The van der Waals surface area contributed by atoms with Gasteiger partial charge in [0.1, 0.15) is 5.75 Å². The van der Waals surface area contributed by atoms with E-state index in [-0.39, 0.29) is 16.6 Å². The van der Waals surface area contributed by atoms with Gasteiger partial charge in [-0.1, -0.05) is 53.7 Å². The third-order valence-electron chi connectivity index (χ3n) is 4.98. The minimum atomic E-state index is -2.87.